The highest BCUT2D eigenvalue weighted by Gasteiger charge is 2.54. The first-order valence-electron chi connectivity index (χ1n) is 13.1. The zero-order chi connectivity index (χ0) is 28.9. The average Bonchev–Trinajstić information content (AvgIpc) is 2.92. The molecule has 0 aliphatic carbocycles. The first kappa shape index (κ1) is 31.3. The second-order valence-electron chi connectivity index (χ2n) is 10.9. The molecule has 4 heterocycles. The number of quaternary nitrogens is 1. The monoisotopic (exact) mass is 644 g/mol. The van der Waals surface area contributed by atoms with Gasteiger partial charge in [-0.25, -0.2) is 0 Å². The highest BCUT2D eigenvalue weighted by molar-refractivity contribution is 5.84. The Kier molecular flexibility index (Phi) is 8.83. The van der Waals surface area contributed by atoms with Gasteiger partial charge in [0.1, 0.15) is 24.4 Å². The van der Waals surface area contributed by atoms with Crippen LogP contribution in [0.3, 0.4) is 0 Å². The molecule has 3 aliphatic heterocycles. The maximum absolute atomic E-state index is 13.7. The topological polar surface area (TPSA) is 31.4 Å². The van der Waals surface area contributed by atoms with E-state index in [0.29, 0.717) is 35.7 Å². The van der Waals surface area contributed by atoms with Gasteiger partial charge in [0.05, 0.1) is 36.8 Å². The second kappa shape index (κ2) is 11.6. The third kappa shape index (κ3) is 5.99. The van der Waals surface area contributed by atoms with E-state index in [9.17, 15) is 26.3 Å². The van der Waals surface area contributed by atoms with Gasteiger partial charge in [-0.3, -0.25) is 4.98 Å². The fraction of sp³-hybridized carbons (Fsp3) is 0.433. The van der Waals surface area contributed by atoms with E-state index in [1.807, 2.05) is 30.3 Å². The van der Waals surface area contributed by atoms with Crippen LogP contribution in [0.25, 0.3) is 10.9 Å². The summed E-state index contributed by atoms with van der Waals surface area (Å²) >= 11 is 0. The maximum atomic E-state index is 13.7. The number of methoxy groups -OCH3 is 2. The molecular weight excluding hydrogens is 614 g/mol. The summed E-state index contributed by atoms with van der Waals surface area (Å²) < 4.78 is 94.0. The molecule has 222 valence electrons. The quantitative estimate of drug-likeness (QED) is 0.214. The molecule has 1 aromatic heterocycles. The van der Waals surface area contributed by atoms with E-state index in [2.05, 4.69) is 11.6 Å². The van der Waals surface area contributed by atoms with Crippen LogP contribution in [0.15, 0.2) is 61.3 Å². The number of rotatable bonds is 7. The van der Waals surface area contributed by atoms with Crippen molar-refractivity contribution in [1.29, 1.82) is 0 Å². The summed E-state index contributed by atoms with van der Waals surface area (Å²) in [6, 6.07) is 9.09. The molecule has 0 N–H and O–H groups in total. The number of ether oxygens (including phenoxy) is 2. The Hall–Kier alpha value is -2.63. The summed E-state index contributed by atoms with van der Waals surface area (Å²) in [6.07, 6.45) is -5.22. The van der Waals surface area contributed by atoms with Gasteiger partial charge in [0.25, 0.3) is 0 Å². The number of benzene rings is 2. The van der Waals surface area contributed by atoms with Crippen LogP contribution in [0.2, 0.25) is 0 Å². The Morgan fingerprint density at radius 1 is 1.02 bits per heavy atom. The first-order valence-corrected chi connectivity index (χ1v) is 13.1. The molecule has 2 aromatic carbocycles. The molecule has 2 bridgehead atoms. The van der Waals surface area contributed by atoms with E-state index in [4.69, 9.17) is 9.47 Å². The minimum atomic E-state index is -4.90. The lowest BCUT2D eigenvalue weighted by Gasteiger charge is -2.58. The second-order valence-corrected chi connectivity index (χ2v) is 10.9. The summed E-state index contributed by atoms with van der Waals surface area (Å²) in [5.41, 5.74) is -0.993. The number of alkyl halides is 6. The van der Waals surface area contributed by atoms with Crippen LogP contribution in [-0.4, -0.2) is 42.8 Å². The van der Waals surface area contributed by atoms with Crippen molar-refractivity contribution in [3.8, 4) is 5.75 Å². The normalized spacial score (nSPS) is 25.0. The SMILES string of the molecule is C=C[C@H]1C[N@+]2(Cc3cc(C(F)(F)F)cc(C(F)(F)F)c3)CC[C@H]1C[C@H]2[C@H](OC)c1ccnc2ccc(OC)cc12.[Br-]. The van der Waals surface area contributed by atoms with E-state index < -0.39 is 29.6 Å². The van der Waals surface area contributed by atoms with Crippen molar-refractivity contribution in [3.05, 3.63) is 83.6 Å². The van der Waals surface area contributed by atoms with Crippen LogP contribution in [0.4, 0.5) is 26.3 Å². The summed E-state index contributed by atoms with van der Waals surface area (Å²) in [7, 11) is 3.16. The van der Waals surface area contributed by atoms with Gasteiger partial charge >= 0.3 is 12.4 Å². The zero-order valence-corrected chi connectivity index (χ0v) is 24.2. The van der Waals surface area contributed by atoms with Gasteiger partial charge < -0.3 is 30.9 Å². The molecule has 0 radical (unpaired) electrons. The molecule has 5 atom stereocenters. The minimum Gasteiger partial charge on any atom is -1.00 e. The van der Waals surface area contributed by atoms with E-state index in [1.165, 1.54) is 0 Å². The Labute approximate surface area is 245 Å². The molecule has 0 unspecified atom stereocenters. The molecule has 3 fully saturated rings. The fourth-order valence-electron chi connectivity index (χ4n) is 6.85. The summed E-state index contributed by atoms with van der Waals surface area (Å²) in [5.74, 6) is 1.04. The predicted octanol–water partition coefficient (Wildman–Crippen LogP) is 4.58. The fourth-order valence-corrected chi connectivity index (χ4v) is 6.85. The first-order chi connectivity index (χ1) is 18.9. The molecule has 41 heavy (non-hydrogen) atoms. The molecule has 0 spiro atoms. The number of hydrogen-bond acceptors (Lipinski definition) is 3. The van der Waals surface area contributed by atoms with Gasteiger partial charge in [-0.15, -0.1) is 6.58 Å². The highest BCUT2D eigenvalue weighted by atomic mass is 79.9. The average molecular weight is 645 g/mol. The summed E-state index contributed by atoms with van der Waals surface area (Å²) in [4.78, 5) is 4.46. The molecule has 3 aromatic rings. The number of fused-ring (bicyclic) bond motifs is 4. The molecule has 4 nitrogen and oxygen atoms in total. The Morgan fingerprint density at radius 3 is 2.29 bits per heavy atom. The number of nitrogens with zero attached hydrogens (tertiary/aromatic N) is 2. The van der Waals surface area contributed by atoms with Crippen molar-refractivity contribution in [2.45, 2.75) is 43.9 Å². The molecule has 0 amide bonds. The Morgan fingerprint density at radius 2 is 1.71 bits per heavy atom. The van der Waals surface area contributed by atoms with Gasteiger partial charge in [-0.1, -0.05) is 6.08 Å². The molecule has 3 saturated heterocycles. The third-order valence-electron chi connectivity index (χ3n) is 8.71. The van der Waals surface area contributed by atoms with Crippen LogP contribution in [0, 0.1) is 11.8 Å². The van der Waals surface area contributed by atoms with Crippen molar-refractivity contribution in [2.24, 2.45) is 11.8 Å². The van der Waals surface area contributed by atoms with Crippen molar-refractivity contribution in [1.82, 2.24) is 4.98 Å². The lowest BCUT2D eigenvalue weighted by Crippen LogP contribution is -3.00. The van der Waals surface area contributed by atoms with Crippen molar-refractivity contribution in [3.63, 3.8) is 0 Å². The van der Waals surface area contributed by atoms with Crippen LogP contribution >= 0.6 is 0 Å². The van der Waals surface area contributed by atoms with Crippen LogP contribution in [0.1, 0.15) is 41.2 Å². The molecule has 0 saturated carbocycles. The lowest BCUT2D eigenvalue weighted by molar-refractivity contribution is -0.985. The van der Waals surface area contributed by atoms with E-state index in [1.54, 1.807) is 20.4 Å². The summed E-state index contributed by atoms with van der Waals surface area (Å²) in [6.45, 7) is 5.17. The van der Waals surface area contributed by atoms with Gasteiger partial charge in [-0.2, -0.15) is 26.3 Å². The molecular formula is C30H31BrF6N2O2. The predicted molar refractivity (Wildman–Crippen MR) is 138 cm³/mol. The number of halogens is 7. The molecule has 6 rings (SSSR count). The van der Waals surface area contributed by atoms with E-state index >= 15 is 0 Å². The largest absolute Gasteiger partial charge is 1.00 e. The highest BCUT2D eigenvalue weighted by Crippen LogP contribution is 2.49. The van der Waals surface area contributed by atoms with Crippen LogP contribution in [0.5, 0.6) is 5.75 Å². The number of hydrogen-bond donors (Lipinski definition) is 0. The van der Waals surface area contributed by atoms with Gasteiger partial charge in [0.15, 0.2) is 0 Å². The Bertz CT molecular complexity index is 1380. The Balaban J connectivity index is 0.00000387. The van der Waals surface area contributed by atoms with Gasteiger partial charge in [0.2, 0.25) is 0 Å². The van der Waals surface area contributed by atoms with Crippen LogP contribution < -0.4 is 21.7 Å². The van der Waals surface area contributed by atoms with E-state index in [-0.39, 0.29) is 47.1 Å². The van der Waals surface area contributed by atoms with Crippen molar-refractivity contribution < 1.29 is 57.3 Å². The standard InChI is InChI=1S/C30H31F6N2O2.BrH/c1-4-19-17-38(16-18-11-21(29(31,32)33)14-22(12-18)30(34,35)36)10-8-20(19)13-27(38)28(40-3)24-7-9-37-26-6-5-23(39-2)15-25(24)26;/h4-7,9,11-12,14-15,19-20,27-28H,1,8,10,13,16-17H2,2-3H3;1H/q+1;/p-1/t19-,20-,27-,28+,38+;/m0./s1. The minimum absolute atomic E-state index is 0. The molecule has 3 aliphatic rings. The molecule has 11 heteroatoms. The van der Waals surface area contributed by atoms with Gasteiger partial charge in [0, 0.05) is 43.0 Å². The van der Waals surface area contributed by atoms with Crippen molar-refractivity contribution in [2.75, 3.05) is 27.3 Å². The maximum Gasteiger partial charge on any atom is 0.416 e. The number of aromatic nitrogens is 1. The van der Waals surface area contributed by atoms with E-state index in [0.717, 1.165) is 35.0 Å². The third-order valence-corrected chi connectivity index (χ3v) is 8.71. The lowest BCUT2D eigenvalue weighted by atomic mass is 9.71. The smallest absolute Gasteiger partial charge is 0.416 e. The van der Waals surface area contributed by atoms with Crippen molar-refractivity contribution >= 4 is 10.9 Å². The summed E-state index contributed by atoms with van der Waals surface area (Å²) in [5, 5.41) is 0.827. The number of piperidine rings is 3. The number of pyridine rings is 1. The van der Waals surface area contributed by atoms with Crippen LogP contribution in [-0.2, 0) is 23.6 Å². The van der Waals surface area contributed by atoms with Gasteiger partial charge in [-0.05, 0) is 53.9 Å². The zero-order valence-electron chi connectivity index (χ0n) is 22.6.